The lowest BCUT2D eigenvalue weighted by Crippen LogP contribution is -2.57. The minimum atomic E-state index is -3.49. The van der Waals surface area contributed by atoms with Gasteiger partial charge in [0.25, 0.3) is 0 Å². The van der Waals surface area contributed by atoms with Crippen LogP contribution in [-0.4, -0.2) is 48.2 Å². The Morgan fingerprint density at radius 3 is 2.46 bits per heavy atom. The number of benzene rings is 1. The van der Waals surface area contributed by atoms with E-state index in [-0.39, 0.29) is 12.4 Å². The zero-order valence-corrected chi connectivity index (χ0v) is 16.1. The number of carbonyl (C=O) groups excluding carboxylic acids is 1. The van der Waals surface area contributed by atoms with E-state index < -0.39 is 20.5 Å². The fraction of sp³-hybridized carbons (Fsp3) is 0.412. The molecule has 142 valence electrons. The largest absolute Gasteiger partial charge is 0.351 e. The molecule has 0 spiro atoms. The Kier molecular flexibility index (Phi) is 6.44. The lowest BCUT2D eigenvalue weighted by atomic mass is 9.95. The Morgan fingerprint density at radius 2 is 1.92 bits per heavy atom. The maximum atomic E-state index is 12.7. The van der Waals surface area contributed by atoms with E-state index >= 15 is 0 Å². The lowest BCUT2D eigenvalue weighted by molar-refractivity contribution is -0.124. The fourth-order valence-corrected chi connectivity index (χ4v) is 4.48. The molecule has 1 saturated heterocycles. The van der Waals surface area contributed by atoms with E-state index in [0.29, 0.717) is 32.5 Å². The van der Waals surface area contributed by atoms with Crippen LogP contribution < -0.4 is 10.6 Å². The summed E-state index contributed by atoms with van der Waals surface area (Å²) < 4.78 is 24.9. The van der Waals surface area contributed by atoms with Gasteiger partial charge in [0.15, 0.2) is 14.6 Å². The monoisotopic (exact) mass is 398 g/mol. The zero-order valence-electron chi connectivity index (χ0n) is 14.5. The Labute approximate surface area is 159 Å². The molecule has 9 heteroatoms. The summed E-state index contributed by atoms with van der Waals surface area (Å²) in [6.07, 6.45) is 5.31. The predicted octanol–water partition coefficient (Wildman–Crippen LogP) is 1.08. The fourth-order valence-electron chi connectivity index (χ4n) is 3.13. The zero-order chi connectivity index (χ0) is 17.9. The number of rotatable bonds is 5. The number of hydrogen-bond donors (Lipinski definition) is 2. The molecule has 0 bridgehead atoms. The first-order valence-electron chi connectivity index (χ1n) is 8.20. The summed E-state index contributed by atoms with van der Waals surface area (Å²) in [5.74, 6) is -0.410. The molecule has 3 rings (SSSR count). The summed E-state index contributed by atoms with van der Waals surface area (Å²) in [6.45, 7) is 1.35. The van der Waals surface area contributed by atoms with Crippen LogP contribution in [-0.2, 0) is 21.2 Å². The summed E-state index contributed by atoms with van der Waals surface area (Å²) in [6, 6.07) is 9.45. The smallest absolute Gasteiger partial charge is 0.241 e. The van der Waals surface area contributed by atoms with E-state index in [1.54, 1.807) is 10.9 Å². The number of carbonyl (C=O) groups is 1. The molecule has 0 atom stereocenters. The molecule has 1 amide bonds. The summed E-state index contributed by atoms with van der Waals surface area (Å²) in [4.78, 5) is 12.7. The van der Waals surface area contributed by atoms with E-state index in [1.165, 1.54) is 0 Å². The number of nitrogens with one attached hydrogen (secondary N) is 2. The van der Waals surface area contributed by atoms with E-state index in [1.807, 2.05) is 36.5 Å². The summed E-state index contributed by atoms with van der Waals surface area (Å²) in [5.41, 5.74) is 1.83. The van der Waals surface area contributed by atoms with Crippen LogP contribution in [0.15, 0.2) is 42.7 Å². The van der Waals surface area contributed by atoms with Crippen LogP contribution in [0.4, 0.5) is 0 Å². The number of nitrogens with zero attached hydrogens (tertiary/aromatic N) is 2. The summed E-state index contributed by atoms with van der Waals surface area (Å²) in [7, 11) is -3.49. The van der Waals surface area contributed by atoms with Gasteiger partial charge >= 0.3 is 0 Å². The van der Waals surface area contributed by atoms with E-state index in [2.05, 4.69) is 15.7 Å². The van der Waals surface area contributed by atoms with E-state index in [4.69, 9.17) is 0 Å². The van der Waals surface area contributed by atoms with Gasteiger partial charge in [-0.05, 0) is 49.7 Å². The van der Waals surface area contributed by atoms with Crippen LogP contribution in [0, 0.1) is 0 Å². The number of hydrogen-bond acceptors (Lipinski definition) is 5. The van der Waals surface area contributed by atoms with Gasteiger partial charge in [-0.3, -0.25) is 4.79 Å². The molecule has 0 saturated carbocycles. The van der Waals surface area contributed by atoms with Gasteiger partial charge in [-0.2, -0.15) is 5.10 Å². The SMILES string of the molecule is CS(=O)(=O)C1(C(=O)NCc2ccc(-n3cccn3)cc2)CCNCC1.Cl. The molecule has 2 aromatic rings. The molecule has 1 aliphatic rings. The molecular formula is C17H23ClN4O3S. The van der Waals surface area contributed by atoms with Gasteiger partial charge in [-0.25, -0.2) is 13.1 Å². The van der Waals surface area contributed by atoms with Gasteiger partial charge in [0.1, 0.15) is 0 Å². The molecule has 0 radical (unpaired) electrons. The normalized spacial score (nSPS) is 16.5. The Morgan fingerprint density at radius 1 is 1.27 bits per heavy atom. The third-order valence-electron chi connectivity index (χ3n) is 4.69. The summed E-state index contributed by atoms with van der Waals surface area (Å²) in [5, 5.41) is 10.1. The molecule has 7 nitrogen and oxygen atoms in total. The van der Waals surface area contributed by atoms with Crippen molar-refractivity contribution in [1.82, 2.24) is 20.4 Å². The number of halogens is 1. The average molecular weight is 399 g/mol. The second-order valence-electron chi connectivity index (χ2n) is 6.32. The van der Waals surface area contributed by atoms with Gasteiger partial charge < -0.3 is 10.6 Å². The van der Waals surface area contributed by atoms with Crippen LogP contribution >= 0.6 is 12.4 Å². The van der Waals surface area contributed by atoms with Crippen molar-refractivity contribution in [2.45, 2.75) is 24.1 Å². The highest BCUT2D eigenvalue weighted by Crippen LogP contribution is 2.28. The number of piperidine rings is 1. The van der Waals surface area contributed by atoms with Crippen molar-refractivity contribution in [1.29, 1.82) is 0 Å². The highest BCUT2D eigenvalue weighted by Gasteiger charge is 2.48. The van der Waals surface area contributed by atoms with E-state index in [9.17, 15) is 13.2 Å². The third-order valence-corrected chi connectivity index (χ3v) is 6.71. The van der Waals surface area contributed by atoms with Crippen molar-refractivity contribution >= 4 is 28.2 Å². The number of amides is 1. The first kappa shape index (κ1) is 20.4. The topological polar surface area (TPSA) is 93.1 Å². The van der Waals surface area contributed by atoms with Crippen molar-refractivity contribution in [3.8, 4) is 5.69 Å². The van der Waals surface area contributed by atoms with Crippen molar-refractivity contribution in [3.05, 3.63) is 48.3 Å². The van der Waals surface area contributed by atoms with Gasteiger partial charge in [0, 0.05) is 25.2 Å². The molecule has 2 N–H and O–H groups in total. The average Bonchev–Trinajstić information content (AvgIpc) is 3.14. The second-order valence-corrected chi connectivity index (χ2v) is 8.64. The van der Waals surface area contributed by atoms with E-state index in [0.717, 1.165) is 17.5 Å². The van der Waals surface area contributed by atoms with Crippen LogP contribution in [0.5, 0.6) is 0 Å². The van der Waals surface area contributed by atoms with Gasteiger partial charge in [0.05, 0.1) is 5.69 Å². The summed E-state index contributed by atoms with van der Waals surface area (Å²) >= 11 is 0. The molecule has 26 heavy (non-hydrogen) atoms. The quantitative estimate of drug-likeness (QED) is 0.786. The van der Waals surface area contributed by atoms with Crippen LogP contribution in [0.2, 0.25) is 0 Å². The van der Waals surface area contributed by atoms with Crippen LogP contribution in [0.1, 0.15) is 18.4 Å². The molecular weight excluding hydrogens is 376 g/mol. The minimum Gasteiger partial charge on any atom is -0.351 e. The molecule has 1 fully saturated rings. The Bertz CT molecular complexity index is 829. The Hall–Kier alpha value is -1.90. The standard InChI is InChI=1S/C17H22N4O3S.ClH/c1-25(23,24)17(7-10-18-11-8-17)16(22)19-13-14-3-5-15(6-4-14)21-12-2-9-20-21;/h2-6,9,12,18H,7-8,10-11,13H2,1H3,(H,19,22);1H. The Balaban J connectivity index is 0.00000243. The van der Waals surface area contributed by atoms with Crippen molar-refractivity contribution in [2.75, 3.05) is 19.3 Å². The predicted molar refractivity (Wildman–Crippen MR) is 102 cm³/mol. The van der Waals surface area contributed by atoms with Gasteiger partial charge in [0.2, 0.25) is 5.91 Å². The second kappa shape index (κ2) is 8.20. The van der Waals surface area contributed by atoms with Crippen LogP contribution in [0.25, 0.3) is 5.69 Å². The van der Waals surface area contributed by atoms with Crippen molar-refractivity contribution < 1.29 is 13.2 Å². The molecule has 1 aromatic heterocycles. The molecule has 0 unspecified atom stereocenters. The highest BCUT2D eigenvalue weighted by molar-refractivity contribution is 7.92. The molecule has 1 aliphatic heterocycles. The maximum Gasteiger partial charge on any atom is 0.241 e. The third kappa shape index (κ3) is 4.08. The van der Waals surface area contributed by atoms with Crippen molar-refractivity contribution in [2.24, 2.45) is 0 Å². The molecule has 1 aromatic carbocycles. The highest BCUT2D eigenvalue weighted by atomic mass is 35.5. The minimum absolute atomic E-state index is 0. The lowest BCUT2D eigenvalue weighted by Gasteiger charge is -2.34. The number of aromatic nitrogens is 2. The first-order valence-corrected chi connectivity index (χ1v) is 10.1. The van der Waals surface area contributed by atoms with Gasteiger partial charge in [-0.1, -0.05) is 12.1 Å². The molecule has 0 aliphatic carbocycles. The van der Waals surface area contributed by atoms with Gasteiger partial charge in [-0.15, -0.1) is 12.4 Å². The molecule has 2 heterocycles. The number of sulfone groups is 1. The van der Waals surface area contributed by atoms with Crippen molar-refractivity contribution in [3.63, 3.8) is 0 Å². The maximum absolute atomic E-state index is 12.7. The first-order chi connectivity index (χ1) is 11.9. The van der Waals surface area contributed by atoms with Crippen LogP contribution in [0.3, 0.4) is 0 Å².